The summed E-state index contributed by atoms with van der Waals surface area (Å²) in [6, 6.07) is 6.13. The second-order valence-corrected chi connectivity index (χ2v) is 9.99. The molecule has 23 heavy (non-hydrogen) atoms. The molecule has 1 aliphatic heterocycles. The highest BCUT2D eigenvalue weighted by molar-refractivity contribution is 6.59. The zero-order valence-electron chi connectivity index (χ0n) is 13.6. The van der Waals surface area contributed by atoms with E-state index in [-0.39, 0.29) is 5.92 Å². The van der Waals surface area contributed by atoms with E-state index < -0.39 is 38.2 Å². The van der Waals surface area contributed by atoms with Crippen molar-refractivity contribution in [1.82, 2.24) is 0 Å². The largest absolute Gasteiger partial charge is 0.212 e. The van der Waals surface area contributed by atoms with Gasteiger partial charge in [0.2, 0.25) is 0 Å². The van der Waals surface area contributed by atoms with Crippen LogP contribution in [0.1, 0.15) is 56.1 Å². The van der Waals surface area contributed by atoms with Gasteiger partial charge in [0.05, 0.1) is 5.56 Å². The van der Waals surface area contributed by atoms with Gasteiger partial charge in [0.25, 0.3) is 0 Å². The Bertz CT molecular complexity index is 525. The van der Waals surface area contributed by atoms with E-state index >= 15 is 0 Å². The van der Waals surface area contributed by atoms with Crippen molar-refractivity contribution in [2.75, 3.05) is 0 Å². The van der Waals surface area contributed by atoms with Crippen LogP contribution >= 0.6 is 0 Å². The molecule has 0 saturated carbocycles. The standard InChI is InChI=1S/C18H24F4Si/c1-2-3-4-7-23-8-5-13(6-9-23)14-10-15(20)18(16(21)11-14)17(22)12-19/h10-13,23H,2-9H2,1H3. The fourth-order valence-corrected chi connectivity index (χ4v) is 7.06. The highest BCUT2D eigenvalue weighted by atomic mass is 28.3. The zero-order chi connectivity index (χ0) is 16.8. The Hall–Kier alpha value is -1.10. The number of benzene rings is 1. The lowest BCUT2D eigenvalue weighted by Crippen LogP contribution is -2.20. The Morgan fingerprint density at radius 1 is 1.17 bits per heavy atom. The van der Waals surface area contributed by atoms with E-state index in [1.54, 1.807) is 0 Å². The molecule has 1 saturated heterocycles. The van der Waals surface area contributed by atoms with Crippen LogP contribution in [0.4, 0.5) is 17.6 Å². The fraction of sp³-hybridized carbons (Fsp3) is 0.556. The van der Waals surface area contributed by atoms with Gasteiger partial charge in [-0.2, -0.15) is 0 Å². The predicted octanol–water partition coefficient (Wildman–Crippen LogP) is 6.50. The van der Waals surface area contributed by atoms with E-state index in [1.165, 1.54) is 49.5 Å². The number of halogens is 4. The van der Waals surface area contributed by atoms with Crippen molar-refractivity contribution in [3.63, 3.8) is 0 Å². The molecule has 0 atom stereocenters. The van der Waals surface area contributed by atoms with Crippen molar-refractivity contribution >= 4 is 14.6 Å². The van der Waals surface area contributed by atoms with Gasteiger partial charge in [-0.3, -0.25) is 0 Å². The molecule has 1 aromatic rings. The molecule has 1 aromatic carbocycles. The summed E-state index contributed by atoms with van der Waals surface area (Å²) in [5, 5.41) is 0. The molecular weight excluding hydrogens is 320 g/mol. The van der Waals surface area contributed by atoms with Crippen LogP contribution in [0, 0.1) is 11.6 Å². The summed E-state index contributed by atoms with van der Waals surface area (Å²) >= 11 is 0. The Kier molecular flexibility index (Phi) is 6.87. The van der Waals surface area contributed by atoms with Crippen LogP contribution in [0.15, 0.2) is 18.5 Å². The molecule has 0 aliphatic carbocycles. The first-order valence-electron chi connectivity index (χ1n) is 8.52. The van der Waals surface area contributed by atoms with Crippen molar-refractivity contribution in [2.45, 2.75) is 63.1 Å². The molecule has 2 rings (SSSR count). The molecular formula is C18H24F4Si. The Balaban J connectivity index is 2.01. The first kappa shape index (κ1) is 18.2. The predicted molar refractivity (Wildman–Crippen MR) is 89.6 cm³/mol. The van der Waals surface area contributed by atoms with E-state index in [9.17, 15) is 17.6 Å². The van der Waals surface area contributed by atoms with Crippen molar-refractivity contribution in [3.05, 3.63) is 41.2 Å². The van der Waals surface area contributed by atoms with Gasteiger partial charge in [0, 0.05) is 8.80 Å². The highest BCUT2D eigenvalue weighted by Gasteiger charge is 2.25. The van der Waals surface area contributed by atoms with E-state index in [4.69, 9.17) is 0 Å². The van der Waals surface area contributed by atoms with Crippen molar-refractivity contribution in [3.8, 4) is 0 Å². The Labute approximate surface area is 137 Å². The van der Waals surface area contributed by atoms with E-state index in [2.05, 4.69) is 6.92 Å². The third kappa shape index (κ3) is 4.69. The van der Waals surface area contributed by atoms with Gasteiger partial charge in [0.15, 0.2) is 5.83 Å². The number of unbranched alkanes of at least 4 members (excludes halogenated alkanes) is 2. The first-order chi connectivity index (χ1) is 11.1. The molecule has 0 unspecified atom stereocenters. The van der Waals surface area contributed by atoms with Gasteiger partial charge in [-0.05, 0) is 36.5 Å². The maximum atomic E-state index is 13.9. The average Bonchev–Trinajstić information content (AvgIpc) is 2.54. The summed E-state index contributed by atoms with van der Waals surface area (Å²) in [6.07, 6.45) is 5.35. The molecule has 0 nitrogen and oxygen atoms in total. The quantitative estimate of drug-likeness (QED) is 0.314. The van der Waals surface area contributed by atoms with Crippen LogP contribution in [0.5, 0.6) is 0 Å². The van der Waals surface area contributed by atoms with E-state index in [1.807, 2.05) is 0 Å². The third-order valence-electron chi connectivity index (χ3n) is 4.93. The summed E-state index contributed by atoms with van der Waals surface area (Å²) in [4.78, 5) is 0. The maximum absolute atomic E-state index is 13.9. The molecule has 1 fully saturated rings. The second-order valence-electron chi connectivity index (χ2n) is 6.53. The first-order valence-corrected chi connectivity index (χ1v) is 11.0. The Morgan fingerprint density at radius 3 is 2.30 bits per heavy atom. The maximum Gasteiger partial charge on any atom is 0.164 e. The molecule has 0 radical (unpaired) electrons. The lowest BCUT2D eigenvalue weighted by Gasteiger charge is -2.28. The molecule has 0 N–H and O–H groups in total. The van der Waals surface area contributed by atoms with Crippen LogP contribution in [0.2, 0.25) is 18.1 Å². The van der Waals surface area contributed by atoms with Gasteiger partial charge in [-0.1, -0.05) is 44.3 Å². The monoisotopic (exact) mass is 344 g/mol. The zero-order valence-corrected chi connectivity index (χ0v) is 14.7. The highest BCUT2D eigenvalue weighted by Crippen LogP contribution is 2.37. The summed E-state index contributed by atoms with van der Waals surface area (Å²) in [6.45, 7) is 2.20. The van der Waals surface area contributed by atoms with Crippen LogP contribution in [-0.2, 0) is 0 Å². The molecule has 0 amide bonds. The van der Waals surface area contributed by atoms with Crippen LogP contribution in [-0.4, -0.2) is 8.80 Å². The van der Waals surface area contributed by atoms with Crippen molar-refractivity contribution in [2.24, 2.45) is 0 Å². The smallest absolute Gasteiger partial charge is 0.164 e. The molecule has 5 heteroatoms. The molecule has 0 aromatic heterocycles. The minimum Gasteiger partial charge on any atom is -0.212 e. The normalized spacial score (nSPS) is 22.4. The van der Waals surface area contributed by atoms with Crippen molar-refractivity contribution in [1.29, 1.82) is 0 Å². The number of rotatable bonds is 6. The lowest BCUT2D eigenvalue weighted by molar-refractivity contribution is 0.542. The number of hydrogen-bond donors (Lipinski definition) is 0. The van der Waals surface area contributed by atoms with Gasteiger partial charge in [-0.15, -0.1) is 0 Å². The van der Waals surface area contributed by atoms with Gasteiger partial charge in [-0.25, -0.2) is 17.6 Å². The molecule has 1 aliphatic rings. The minimum absolute atomic E-state index is 0.139. The molecule has 1 heterocycles. The SMILES string of the molecule is CCCCC[SiH]1CCC(c2cc(F)c(C(F)=CF)c(F)c2)CC1. The van der Waals surface area contributed by atoms with Gasteiger partial charge in [0.1, 0.15) is 18.0 Å². The minimum atomic E-state index is -1.50. The summed E-state index contributed by atoms with van der Waals surface area (Å²) in [5.74, 6) is -3.40. The lowest BCUT2D eigenvalue weighted by atomic mass is 9.92. The van der Waals surface area contributed by atoms with Gasteiger partial charge >= 0.3 is 0 Å². The number of hydrogen-bond acceptors (Lipinski definition) is 0. The summed E-state index contributed by atoms with van der Waals surface area (Å²) in [5.41, 5.74) is -0.324. The third-order valence-corrected chi connectivity index (χ3v) is 8.46. The van der Waals surface area contributed by atoms with Crippen LogP contribution in [0.25, 0.3) is 5.83 Å². The second kappa shape index (κ2) is 8.67. The van der Waals surface area contributed by atoms with Crippen molar-refractivity contribution < 1.29 is 17.6 Å². The van der Waals surface area contributed by atoms with Crippen LogP contribution < -0.4 is 0 Å². The summed E-state index contributed by atoms with van der Waals surface area (Å²) in [7, 11) is -0.682. The Morgan fingerprint density at radius 2 is 1.78 bits per heavy atom. The molecule has 0 bridgehead atoms. The van der Waals surface area contributed by atoms with E-state index in [0.29, 0.717) is 5.56 Å². The van der Waals surface area contributed by atoms with Crippen LogP contribution in [0.3, 0.4) is 0 Å². The summed E-state index contributed by atoms with van der Waals surface area (Å²) < 4.78 is 53.2. The van der Waals surface area contributed by atoms with E-state index in [0.717, 1.165) is 12.8 Å². The fourth-order valence-electron chi connectivity index (χ4n) is 3.58. The van der Waals surface area contributed by atoms with Gasteiger partial charge < -0.3 is 0 Å². The topological polar surface area (TPSA) is 0 Å². The average molecular weight is 344 g/mol. The molecule has 0 spiro atoms. The molecule has 128 valence electrons.